The molecule has 0 saturated heterocycles. The Balaban J connectivity index is 2.50. The molecule has 0 aliphatic carbocycles. The highest BCUT2D eigenvalue weighted by Gasteiger charge is 2.11. The number of aryl methyl sites for hydroxylation is 2. The molecule has 0 spiro atoms. The van der Waals surface area contributed by atoms with Crippen molar-refractivity contribution in [3.8, 4) is 11.5 Å². The zero-order valence-electron chi connectivity index (χ0n) is 11.8. The Hall–Kier alpha value is -1.78. The summed E-state index contributed by atoms with van der Waals surface area (Å²) in [4.78, 5) is 0. The van der Waals surface area contributed by atoms with Crippen LogP contribution in [0.5, 0.6) is 11.5 Å². The van der Waals surface area contributed by atoms with Gasteiger partial charge in [0.2, 0.25) is 0 Å². The summed E-state index contributed by atoms with van der Waals surface area (Å²) in [5, 5.41) is 28.4. The molecule has 2 rings (SSSR count). The van der Waals surface area contributed by atoms with Crippen LogP contribution in [0.25, 0.3) is 0 Å². The van der Waals surface area contributed by atoms with Gasteiger partial charge >= 0.3 is 0 Å². The fourth-order valence-electron chi connectivity index (χ4n) is 1.88. The summed E-state index contributed by atoms with van der Waals surface area (Å²) in [7, 11) is 0. The van der Waals surface area contributed by atoms with Gasteiger partial charge in [-0.2, -0.15) is 0 Å². The second kappa shape index (κ2) is 5.92. The highest BCUT2D eigenvalue weighted by molar-refractivity contribution is 6.42. The van der Waals surface area contributed by atoms with Crippen LogP contribution in [0, 0.1) is 20.8 Å². The van der Waals surface area contributed by atoms with Crippen LogP contribution < -0.4 is 0 Å². The Morgan fingerprint density at radius 3 is 2.14 bits per heavy atom. The summed E-state index contributed by atoms with van der Waals surface area (Å²) in [6.07, 6.45) is 0. The first-order valence-corrected chi connectivity index (χ1v) is 6.96. The van der Waals surface area contributed by atoms with Crippen LogP contribution in [0.1, 0.15) is 16.7 Å². The first kappa shape index (κ1) is 15.6. The van der Waals surface area contributed by atoms with Crippen LogP contribution in [-0.4, -0.2) is 10.2 Å². The van der Waals surface area contributed by atoms with Crippen molar-refractivity contribution in [3.05, 3.63) is 44.9 Å². The monoisotopic (exact) mass is 324 g/mol. The average molecular weight is 325 g/mol. The van der Waals surface area contributed by atoms with E-state index in [1.54, 1.807) is 6.92 Å². The van der Waals surface area contributed by atoms with E-state index in [1.807, 2.05) is 19.9 Å². The second-order valence-electron chi connectivity index (χ2n) is 4.79. The Bertz CT molecular complexity index is 717. The molecular weight excluding hydrogens is 311 g/mol. The number of azo groups is 1. The summed E-state index contributed by atoms with van der Waals surface area (Å²) in [5.74, 6) is -0.0592. The van der Waals surface area contributed by atoms with Crippen molar-refractivity contribution >= 4 is 34.6 Å². The van der Waals surface area contributed by atoms with Crippen molar-refractivity contribution < 1.29 is 10.2 Å². The van der Waals surface area contributed by atoms with E-state index >= 15 is 0 Å². The van der Waals surface area contributed by atoms with Crippen LogP contribution in [0.2, 0.25) is 10.0 Å². The molecule has 6 heteroatoms. The molecule has 0 radical (unpaired) electrons. The third-order valence-electron chi connectivity index (χ3n) is 3.25. The molecular formula is C15H14Cl2N2O2. The zero-order chi connectivity index (χ0) is 15.7. The molecule has 2 N–H and O–H groups in total. The van der Waals surface area contributed by atoms with Gasteiger partial charge in [-0.25, -0.2) is 0 Å². The van der Waals surface area contributed by atoms with E-state index < -0.39 is 0 Å². The lowest BCUT2D eigenvalue weighted by molar-refractivity contribution is 0.470. The third-order valence-corrected chi connectivity index (χ3v) is 3.97. The topological polar surface area (TPSA) is 65.2 Å². The Morgan fingerprint density at radius 2 is 1.48 bits per heavy atom. The summed E-state index contributed by atoms with van der Waals surface area (Å²) < 4.78 is 0. The SMILES string of the molecule is Cc1cc(C)c(O)c(N=Nc2cc(Cl)c(Cl)cc2O)c1C. The van der Waals surface area contributed by atoms with Gasteiger partial charge < -0.3 is 10.2 Å². The molecule has 0 atom stereocenters. The minimum absolute atomic E-state index is 0.0707. The van der Waals surface area contributed by atoms with E-state index in [0.29, 0.717) is 11.3 Å². The first-order chi connectivity index (χ1) is 9.81. The standard InChI is InChI=1S/C15H14Cl2N2O2/c1-7-4-8(2)15(21)14(9(7)3)19-18-12-5-10(16)11(17)6-13(12)20/h4-6,20-21H,1-3H3. The number of aromatic hydroxyl groups is 2. The number of hydrogen-bond acceptors (Lipinski definition) is 4. The molecule has 0 aliphatic rings. The predicted molar refractivity (Wildman–Crippen MR) is 84.6 cm³/mol. The Morgan fingerprint density at radius 1 is 0.857 bits per heavy atom. The summed E-state index contributed by atoms with van der Waals surface area (Å²) in [5.41, 5.74) is 3.09. The van der Waals surface area contributed by atoms with E-state index in [2.05, 4.69) is 10.2 Å². The van der Waals surface area contributed by atoms with E-state index in [4.69, 9.17) is 23.2 Å². The number of phenols is 2. The molecule has 2 aromatic carbocycles. The van der Waals surface area contributed by atoms with E-state index in [-0.39, 0.29) is 27.2 Å². The van der Waals surface area contributed by atoms with E-state index in [9.17, 15) is 10.2 Å². The van der Waals surface area contributed by atoms with Crippen LogP contribution in [0.15, 0.2) is 28.4 Å². The lowest BCUT2D eigenvalue weighted by atomic mass is 10.0. The van der Waals surface area contributed by atoms with Crippen molar-refractivity contribution in [2.24, 2.45) is 10.2 Å². The minimum atomic E-state index is -0.130. The van der Waals surface area contributed by atoms with Crippen LogP contribution in [-0.2, 0) is 0 Å². The lowest BCUT2D eigenvalue weighted by Crippen LogP contribution is -1.85. The average Bonchev–Trinajstić information content (AvgIpc) is 2.42. The smallest absolute Gasteiger partial charge is 0.146 e. The fourth-order valence-corrected chi connectivity index (χ4v) is 2.20. The Labute approximate surface area is 132 Å². The molecule has 0 amide bonds. The number of benzene rings is 2. The lowest BCUT2D eigenvalue weighted by Gasteiger charge is -2.09. The third kappa shape index (κ3) is 3.12. The van der Waals surface area contributed by atoms with Gasteiger partial charge in [-0.05, 0) is 43.5 Å². The van der Waals surface area contributed by atoms with Gasteiger partial charge in [0.1, 0.15) is 22.9 Å². The molecule has 4 nitrogen and oxygen atoms in total. The maximum atomic E-state index is 10.1. The predicted octanol–water partition coefficient (Wildman–Crippen LogP) is 5.75. The number of nitrogens with zero attached hydrogens (tertiary/aromatic N) is 2. The Kier molecular flexibility index (Phi) is 4.40. The highest BCUT2D eigenvalue weighted by atomic mass is 35.5. The van der Waals surface area contributed by atoms with Gasteiger partial charge in [0.15, 0.2) is 0 Å². The molecule has 0 bridgehead atoms. The van der Waals surface area contributed by atoms with Crippen molar-refractivity contribution in [1.82, 2.24) is 0 Å². The maximum absolute atomic E-state index is 10.1. The number of rotatable bonds is 2. The van der Waals surface area contributed by atoms with Crippen molar-refractivity contribution in [2.45, 2.75) is 20.8 Å². The van der Waals surface area contributed by atoms with E-state index in [1.165, 1.54) is 12.1 Å². The highest BCUT2D eigenvalue weighted by Crippen LogP contribution is 2.39. The quantitative estimate of drug-likeness (QED) is 0.691. The van der Waals surface area contributed by atoms with E-state index in [0.717, 1.165) is 11.1 Å². The van der Waals surface area contributed by atoms with Gasteiger partial charge in [0.05, 0.1) is 10.0 Å². The molecule has 21 heavy (non-hydrogen) atoms. The summed E-state index contributed by atoms with van der Waals surface area (Å²) in [6.45, 7) is 5.56. The van der Waals surface area contributed by atoms with Crippen LogP contribution >= 0.6 is 23.2 Å². The number of hydrogen-bond donors (Lipinski definition) is 2. The molecule has 0 unspecified atom stereocenters. The molecule has 0 aliphatic heterocycles. The number of phenolic OH excluding ortho intramolecular Hbond substituents is 2. The minimum Gasteiger partial charge on any atom is -0.506 e. The molecule has 0 fully saturated rings. The molecule has 110 valence electrons. The zero-order valence-corrected chi connectivity index (χ0v) is 13.3. The summed E-state index contributed by atoms with van der Waals surface area (Å²) in [6, 6.07) is 4.59. The normalized spacial score (nSPS) is 11.3. The largest absolute Gasteiger partial charge is 0.506 e. The molecule has 0 saturated carbocycles. The van der Waals surface area contributed by atoms with Crippen molar-refractivity contribution in [2.75, 3.05) is 0 Å². The van der Waals surface area contributed by atoms with Crippen molar-refractivity contribution in [3.63, 3.8) is 0 Å². The van der Waals surface area contributed by atoms with Crippen LogP contribution in [0.3, 0.4) is 0 Å². The second-order valence-corrected chi connectivity index (χ2v) is 5.60. The molecule has 2 aromatic rings. The van der Waals surface area contributed by atoms with Crippen molar-refractivity contribution in [1.29, 1.82) is 0 Å². The molecule has 0 aromatic heterocycles. The number of halogens is 2. The van der Waals surface area contributed by atoms with Gasteiger partial charge in [-0.15, -0.1) is 10.2 Å². The van der Waals surface area contributed by atoms with Crippen LogP contribution in [0.4, 0.5) is 11.4 Å². The fraction of sp³-hybridized carbons (Fsp3) is 0.200. The van der Waals surface area contributed by atoms with Gasteiger partial charge in [0, 0.05) is 6.07 Å². The summed E-state index contributed by atoms with van der Waals surface area (Å²) >= 11 is 11.7. The molecule has 0 heterocycles. The van der Waals surface area contributed by atoms with Gasteiger partial charge in [-0.1, -0.05) is 29.3 Å². The maximum Gasteiger partial charge on any atom is 0.146 e. The first-order valence-electron chi connectivity index (χ1n) is 6.20. The van der Waals surface area contributed by atoms with Gasteiger partial charge in [-0.3, -0.25) is 0 Å². The van der Waals surface area contributed by atoms with Gasteiger partial charge in [0.25, 0.3) is 0 Å².